The maximum Gasteiger partial charge on any atom is 0.258 e. The number of likely N-dealkylation sites (N-methyl/N-ethyl adjacent to an activating group) is 1. The summed E-state index contributed by atoms with van der Waals surface area (Å²) in [5.41, 5.74) is 6.82. The Balaban J connectivity index is 2.22. The molecular formula is C13H17BrN4O2. The van der Waals surface area contributed by atoms with Crippen molar-refractivity contribution in [2.75, 3.05) is 27.7 Å². The molecule has 0 aliphatic rings. The van der Waals surface area contributed by atoms with Crippen molar-refractivity contribution < 1.29 is 9.26 Å². The summed E-state index contributed by atoms with van der Waals surface area (Å²) in [5.74, 6) is 1.69. The highest BCUT2D eigenvalue weighted by molar-refractivity contribution is 9.10. The van der Waals surface area contributed by atoms with Crippen LogP contribution in [0.2, 0.25) is 0 Å². The van der Waals surface area contributed by atoms with Crippen molar-refractivity contribution in [3.63, 3.8) is 0 Å². The molecule has 0 aliphatic carbocycles. The standard InChI is InChI=1S/C13H17BrN4O2/c1-18(2)7-10(15)12-16-13(20-17-12)8-4-5-11(19-3)9(14)6-8/h4-6,10H,7,15H2,1-3H3. The highest BCUT2D eigenvalue weighted by atomic mass is 79.9. The molecule has 1 heterocycles. The van der Waals surface area contributed by atoms with Crippen molar-refractivity contribution >= 4 is 15.9 Å². The third kappa shape index (κ3) is 3.36. The highest BCUT2D eigenvalue weighted by Gasteiger charge is 2.16. The molecule has 20 heavy (non-hydrogen) atoms. The second-order valence-electron chi connectivity index (χ2n) is 4.68. The number of halogens is 1. The van der Waals surface area contributed by atoms with Gasteiger partial charge in [0.2, 0.25) is 0 Å². The van der Waals surface area contributed by atoms with E-state index < -0.39 is 0 Å². The van der Waals surface area contributed by atoms with E-state index in [1.807, 2.05) is 37.2 Å². The van der Waals surface area contributed by atoms with Crippen molar-refractivity contribution in [2.24, 2.45) is 5.73 Å². The van der Waals surface area contributed by atoms with Crippen LogP contribution in [0.1, 0.15) is 11.9 Å². The topological polar surface area (TPSA) is 77.4 Å². The van der Waals surface area contributed by atoms with E-state index in [0.29, 0.717) is 18.3 Å². The SMILES string of the molecule is COc1ccc(-c2nc(C(N)CN(C)C)no2)cc1Br. The summed E-state index contributed by atoms with van der Waals surface area (Å²) in [6.07, 6.45) is 0. The van der Waals surface area contributed by atoms with Gasteiger partial charge in [-0.3, -0.25) is 0 Å². The summed E-state index contributed by atoms with van der Waals surface area (Å²) in [5, 5.41) is 3.93. The first-order valence-corrected chi connectivity index (χ1v) is 6.88. The largest absolute Gasteiger partial charge is 0.496 e. The van der Waals surface area contributed by atoms with Crippen LogP contribution in [-0.2, 0) is 0 Å². The van der Waals surface area contributed by atoms with Gasteiger partial charge < -0.3 is 19.9 Å². The summed E-state index contributed by atoms with van der Waals surface area (Å²) >= 11 is 3.43. The zero-order valence-electron chi connectivity index (χ0n) is 11.6. The molecule has 6 nitrogen and oxygen atoms in total. The summed E-state index contributed by atoms with van der Waals surface area (Å²) in [6.45, 7) is 0.658. The van der Waals surface area contributed by atoms with Crippen molar-refractivity contribution in [3.8, 4) is 17.2 Å². The quantitative estimate of drug-likeness (QED) is 0.897. The van der Waals surface area contributed by atoms with Crippen molar-refractivity contribution in [2.45, 2.75) is 6.04 Å². The molecule has 0 amide bonds. The van der Waals surface area contributed by atoms with Crippen LogP contribution >= 0.6 is 15.9 Å². The molecule has 0 aliphatic heterocycles. The Morgan fingerprint density at radius 1 is 1.45 bits per heavy atom. The van der Waals surface area contributed by atoms with Crippen molar-refractivity contribution in [1.82, 2.24) is 15.0 Å². The Labute approximate surface area is 126 Å². The number of nitrogens with two attached hydrogens (primary N) is 1. The molecule has 0 bridgehead atoms. The van der Waals surface area contributed by atoms with Gasteiger partial charge >= 0.3 is 0 Å². The molecule has 7 heteroatoms. The van der Waals surface area contributed by atoms with Crippen LogP contribution in [0.5, 0.6) is 5.75 Å². The monoisotopic (exact) mass is 340 g/mol. The van der Waals surface area contributed by atoms with Crippen LogP contribution in [0.15, 0.2) is 27.2 Å². The predicted octanol–water partition coefficient (Wildman–Crippen LogP) is 2.07. The van der Waals surface area contributed by atoms with E-state index >= 15 is 0 Å². The van der Waals surface area contributed by atoms with Crippen molar-refractivity contribution in [3.05, 3.63) is 28.5 Å². The lowest BCUT2D eigenvalue weighted by Gasteiger charge is -2.12. The Bertz CT molecular complexity index is 586. The Morgan fingerprint density at radius 3 is 2.80 bits per heavy atom. The first kappa shape index (κ1) is 15.0. The van der Waals surface area contributed by atoms with Gasteiger partial charge in [0.15, 0.2) is 5.82 Å². The lowest BCUT2D eigenvalue weighted by molar-refractivity contribution is 0.357. The average molecular weight is 341 g/mol. The van der Waals surface area contributed by atoms with Gasteiger partial charge in [-0.1, -0.05) is 5.16 Å². The zero-order valence-corrected chi connectivity index (χ0v) is 13.2. The third-order valence-corrected chi connectivity index (χ3v) is 3.35. The lowest BCUT2D eigenvalue weighted by atomic mass is 10.2. The fourth-order valence-electron chi connectivity index (χ4n) is 1.78. The van der Waals surface area contributed by atoms with Crippen LogP contribution in [0.3, 0.4) is 0 Å². The number of hydrogen-bond donors (Lipinski definition) is 1. The minimum absolute atomic E-state index is 0.274. The molecule has 0 spiro atoms. The van der Waals surface area contributed by atoms with Crippen LogP contribution < -0.4 is 10.5 Å². The molecular weight excluding hydrogens is 324 g/mol. The molecule has 2 N–H and O–H groups in total. The lowest BCUT2D eigenvalue weighted by Crippen LogP contribution is -2.26. The zero-order chi connectivity index (χ0) is 14.7. The van der Waals surface area contributed by atoms with Crippen LogP contribution in [0.25, 0.3) is 11.5 Å². The number of ether oxygens (including phenoxy) is 1. The van der Waals surface area contributed by atoms with Gasteiger partial charge in [0, 0.05) is 12.1 Å². The maximum atomic E-state index is 6.01. The second kappa shape index (κ2) is 6.34. The van der Waals surface area contributed by atoms with Gasteiger partial charge in [-0.25, -0.2) is 0 Å². The molecule has 0 saturated carbocycles. The van der Waals surface area contributed by atoms with E-state index in [-0.39, 0.29) is 6.04 Å². The number of aromatic nitrogens is 2. The normalized spacial score (nSPS) is 12.7. The van der Waals surface area contributed by atoms with Crippen LogP contribution in [0, 0.1) is 0 Å². The van der Waals surface area contributed by atoms with E-state index in [2.05, 4.69) is 26.1 Å². The van der Waals surface area contributed by atoms with E-state index in [4.69, 9.17) is 15.0 Å². The number of rotatable bonds is 5. The maximum absolute atomic E-state index is 6.01. The molecule has 1 atom stereocenters. The molecule has 1 aromatic carbocycles. The number of hydrogen-bond acceptors (Lipinski definition) is 6. The van der Waals surface area contributed by atoms with Gasteiger partial charge in [0.25, 0.3) is 5.89 Å². The molecule has 1 aromatic heterocycles. The molecule has 0 fully saturated rings. The Hall–Kier alpha value is -1.44. The molecule has 1 unspecified atom stereocenters. The summed E-state index contributed by atoms with van der Waals surface area (Å²) in [4.78, 5) is 6.32. The second-order valence-corrected chi connectivity index (χ2v) is 5.53. The fourth-order valence-corrected chi connectivity index (χ4v) is 2.32. The van der Waals surface area contributed by atoms with Crippen molar-refractivity contribution in [1.29, 1.82) is 0 Å². The Morgan fingerprint density at radius 2 is 2.20 bits per heavy atom. The first-order chi connectivity index (χ1) is 9.51. The number of methoxy groups -OCH3 is 1. The summed E-state index contributed by atoms with van der Waals surface area (Å²) in [7, 11) is 5.51. The summed E-state index contributed by atoms with van der Waals surface area (Å²) in [6, 6.07) is 5.29. The smallest absolute Gasteiger partial charge is 0.258 e. The molecule has 0 radical (unpaired) electrons. The molecule has 2 aromatic rings. The minimum Gasteiger partial charge on any atom is -0.496 e. The van der Waals surface area contributed by atoms with Gasteiger partial charge in [-0.05, 0) is 48.2 Å². The highest BCUT2D eigenvalue weighted by Crippen LogP contribution is 2.30. The molecule has 0 saturated heterocycles. The summed E-state index contributed by atoms with van der Waals surface area (Å²) < 4.78 is 11.3. The Kier molecular flexibility index (Phi) is 4.74. The van der Waals surface area contributed by atoms with Gasteiger partial charge in [-0.15, -0.1) is 0 Å². The van der Waals surface area contributed by atoms with E-state index in [9.17, 15) is 0 Å². The minimum atomic E-state index is -0.274. The first-order valence-electron chi connectivity index (χ1n) is 6.09. The average Bonchev–Trinajstić information content (AvgIpc) is 2.87. The van der Waals surface area contributed by atoms with Gasteiger partial charge in [-0.2, -0.15) is 4.98 Å². The third-order valence-electron chi connectivity index (χ3n) is 2.73. The molecule has 108 valence electrons. The molecule has 2 rings (SSSR count). The van der Waals surface area contributed by atoms with E-state index in [1.165, 1.54) is 0 Å². The number of nitrogens with zero attached hydrogens (tertiary/aromatic N) is 3. The van der Waals surface area contributed by atoms with Gasteiger partial charge in [0.05, 0.1) is 17.6 Å². The predicted molar refractivity (Wildman–Crippen MR) is 79.5 cm³/mol. The fraction of sp³-hybridized carbons (Fsp3) is 0.385. The van der Waals surface area contributed by atoms with E-state index in [0.717, 1.165) is 15.8 Å². The van der Waals surface area contributed by atoms with Crippen LogP contribution in [-0.4, -0.2) is 42.8 Å². The van der Waals surface area contributed by atoms with Gasteiger partial charge in [0.1, 0.15) is 5.75 Å². The number of benzene rings is 1. The van der Waals surface area contributed by atoms with Crippen LogP contribution in [0.4, 0.5) is 0 Å². The van der Waals surface area contributed by atoms with E-state index in [1.54, 1.807) is 7.11 Å².